The zero-order valence-corrected chi connectivity index (χ0v) is 13.8. The standard InChI is InChI=1S/C16H17NO5S/c1-16(2,3)22-13(18)8-17-7-11(10-4-5-23-9-10)6-12(14(17)19)15(20)21/h4-7,9H,8H2,1-3H3,(H,20,21). The molecule has 2 aromatic heterocycles. The number of esters is 1. The molecule has 0 aliphatic carbocycles. The minimum Gasteiger partial charge on any atom is -0.477 e. The summed E-state index contributed by atoms with van der Waals surface area (Å²) in [5.41, 5.74) is -0.441. The van der Waals surface area contributed by atoms with Crippen molar-refractivity contribution < 1.29 is 19.4 Å². The maximum absolute atomic E-state index is 12.2. The number of ether oxygens (including phenoxy) is 1. The number of carbonyl (C=O) groups excluding carboxylic acids is 1. The first-order valence-corrected chi connectivity index (χ1v) is 7.84. The molecule has 0 amide bonds. The van der Waals surface area contributed by atoms with E-state index in [1.165, 1.54) is 23.6 Å². The molecule has 1 N–H and O–H groups in total. The van der Waals surface area contributed by atoms with Gasteiger partial charge in [-0.3, -0.25) is 9.59 Å². The van der Waals surface area contributed by atoms with Crippen molar-refractivity contribution in [2.75, 3.05) is 0 Å². The summed E-state index contributed by atoms with van der Waals surface area (Å²) in [6.07, 6.45) is 1.47. The van der Waals surface area contributed by atoms with Crippen LogP contribution in [0.1, 0.15) is 31.1 Å². The number of hydrogen-bond donors (Lipinski definition) is 1. The van der Waals surface area contributed by atoms with Crippen molar-refractivity contribution >= 4 is 23.3 Å². The van der Waals surface area contributed by atoms with Gasteiger partial charge in [-0.05, 0) is 54.8 Å². The molecule has 0 unspecified atom stereocenters. The molecule has 0 bridgehead atoms. The molecule has 6 nitrogen and oxygen atoms in total. The van der Waals surface area contributed by atoms with Crippen LogP contribution in [0, 0.1) is 0 Å². The van der Waals surface area contributed by atoms with Gasteiger partial charge in [0.1, 0.15) is 17.7 Å². The van der Waals surface area contributed by atoms with E-state index < -0.39 is 23.1 Å². The molecule has 0 aromatic carbocycles. The fourth-order valence-corrected chi connectivity index (χ4v) is 2.67. The van der Waals surface area contributed by atoms with Gasteiger partial charge in [0.15, 0.2) is 0 Å². The van der Waals surface area contributed by atoms with Gasteiger partial charge in [-0.25, -0.2) is 4.79 Å². The number of aromatic carboxylic acids is 1. The average molecular weight is 335 g/mol. The zero-order chi connectivity index (χ0) is 17.2. The summed E-state index contributed by atoms with van der Waals surface area (Å²) in [6, 6.07) is 3.13. The number of rotatable bonds is 4. The fraction of sp³-hybridized carbons (Fsp3) is 0.312. The van der Waals surface area contributed by atoms with Crippen molar-refractivity contribution in [2.45, 2.75) is 32.9 Å². The number of carboxylic acids is 1. The Bertz CT molecular complexity index is 784. The van der Waals surface area contributed by atoms with Crippen LogP contribution < -0.4 is 5.56 Å². The number of nitrogens with zero attached hydrogens (tertiary/aromatic N) is 1. The van der Waals surface area contributed by atoms with Gasteiger partial charge < -0.3 is 14.4 Å². The summed E-state index contributed by atoms with van der Waals surface area (Å²) in [5, 5.41) is 12.9. The van der Waals surface area contributed by atoms with Crippen LogP contribution in [0.15, 0.2) is 33.9 Å². The Kier molecular flexibility index (Phi) is 4.70. The van der Waals surface area contributed by atoms with Crippen LogP contribution in [0.2, 0.25) is 0 Å². The summed E-state index contributed by atoms with van der Waals surface area (Å²) in [5.74, 6) is -1.93. The molecule has 2 heterocycles. The Hall–Kier alpha value is -2.41. The van der Waals surface area contributed by atoms with Gasteiger partial charge in [0.05, 0.1) is 0 Å². The summed E-state index contributed by atoms with van der Waals surface area (Å²) < 4.78 is 6.26. The number of hydrogen-bond acceptors (Lipinski definition) is 5. The first-order chi connectivity index (χ1) is 10.7. The van der Waals surface area contributed by atoms with E-state index in [0.717, 1.165) is 10.1 Å². The van der Waals surface area contributed by atoms with Gasteiger partial charge >= 0.3 is 11.9 Å². The van der Waals surface area contributed by atoms with Gasteiger partial charge in [0.25, 0.3) is 5.56 Å². The lowest BCUT2D eigenvalue weighted by Crippen LogP contribution is -2.32. The molecule has 0 fully saturated rings. The summed E-state index contributed by atoms with van der Waals surface area (Å²) in [6.45, 7) is 4.82. The first kappa shape index (κ1) is 17.0. The minimum atomic E-state index is -1.33. The predicted molar refractivity (Wildman–Crippen MR) is 86.8 cm³/mol. The van der Waals surface area contributed by atoms with E-state index >= 15 is 0 Å². The third-order valence-electron chi connectivity index (χ3n) is 2.89. The highest BCUT2D eigenvalue weighted by atomic mass is 32.1. The second kappa shape index (κ2) is 6.37. The molecule has 2 rings (SSSR count). The molecule has 122 valence electrons. The highest BCUT2D eigenvalue weighted by molar-refractivity contribution is 7.08. The summed E-state index contributed by atoms with van der Waals surface area (Å²) in [4.78, 5) is 35.4. The van der Waals surface area contributed by atoms with Crippen LogP contribution in [0.4, 0.5) is 0 Å². The second-order valence-electron chi connectivity index (χ2n) is 5.98. The van der Waals surface area contributed by atoms with E-state index in [1.807, 2.05) is 16.8 Å². The second-order valence-corrected chi connectivity index (χ2v) is 6.76. The van der Waals surface area contributed by atoms with Crippen molar-refractivity contribution in [3.8, 4) is 11.1 Å². The van der Waals surface area contributed by atoms with Gasteiger partial charge in [0, 0.05) is 6.20 Å². The molecular formula is C16H17NO5S. The van der Waals surface area contributed by atoms with Gasteiger partial charge in [-0.1, -0.05) is 0 Å². The molecule has 0 saturated carbocycles. The van der Waals surface area contributed by atoms with Crippen LogP contribution in [0.5, 0.6) is 0 Å². The van der Waals surface area contributed by atoms with E-state index in [4.69, 9.17) is 4.74 Å². The van der Waals surface area contributed by atoms with E-state index in [-0.39, 0.29) is 12.1 Å². The van der Waals surface area contributed by atoms with Gasteiger partial charge in [-0.15, -0.1) is 0 Å². The quantitative estimate of drug-likeness (QED) is 0.868. The van der Waals surface area contributed by atoms with Gasteiger partial charge in [-0.2, -0.15) is 11.3 Å². The van der Waals surface area contributed by atoms with Crippen LogP contribution in [-0.2, 0) is 16.1 Å². The lowest BCUT2D eigenvalue weighted by molar-refractivity contribution is -0.155. The Balaban J connectivity index is 2.44. The number of pyridine rings is 1. The predicted octanol–water partition coefficient (Wildman–Crippen LogP) is 2.62. The highest BCUT2D eigenvalue weighted by Gasteiger charge is 2.19. The number of carbonyl (C=O) groups is 2. The van der Waals surface area contributed by atoms with Crippen LogP contribution in [0.3, 0.4) is 0 Å². The molecule has 0 aliphatic rings. The molecule has 23 heavy (non-hydrogen) atoms. The van der Waals surface area contributed by atoms with Crippen LogP contribution >= 0.6 is 11.3 Å². The molecule has 7 heteroatoms. The average Bonchev–Trinajstić information content (AvgIpc) is 2.92. The zero-order valence-electron chi connectivity index (χ0n) is 13.0. The van der Waals surface area contributed by atoms with Crippen molar-refractivity contribution in [1.29, 1.82) is 0 Å². The maximum Gasteiger partial charge on any atom is 0.341 e. The smallest absolute Gasteiger partial charge is 0.341 e. The summed E-state index contributed by atoms with van der Waals surface area (Å²) >= 11 is 1.45. The minimum absolute atomic E-state index is 0.339. The normalized spacial score (nSPS) is 11.3. The number of thiophene rings is 1. The largest absolute Gasteiger partial charge is 0.477 e. The monoisotopic (exact) mass is 335 g/mol. The van der Waals surface area contributed by atoms with Crippen molar-refractivity contribution in [1.82, 2.24) is 4.57 Å². The van der Waals surface area contributed by atoms with Crippen molar-refractivity contribution in [2.24, 2.45) is 0 Å². The van der Waals surface area contributed by atoms with E-state index in [2.05, 4.69) is 0 Å². The molecular weight excluding hydrogens is 318 g/mol. The Morgan fingerprint density at radius 1 is 1.30 bits per heavy atom. The topological polar surface area (TPSA) is 85.6 Å². The Morgan fingerprint density at radius 2 is 2.00 bits per heavy atom. The van der Waals surface area contributed by atoms with E-state index in [0.29, 0.717) is 5.56 Å². The number of carboxylic acid groups (broad SMARTS) is 1. The molecule has 0 saturated heterocycles. The third-order valence-corrected chi connectivity index (χ3v) is 3.57. The molecule has 2 aromatic rings. The Labute approximate surface area is 137 Å². The number of aromatic nitrogens is 1. The Morgan fingerprint density at radius 3 is 2.52 bits per heavy atom. The van der Waals surface area contributed by atoms with E-state index in [1.54, 1.807) is 20.8 Å². The maximum atomic E-state index is 12.2. The fourth-order valence-electron chi connectivity index (χ4n) is 2.01. The highest BCUT2D eigenvalue weighted by Crippen LogP contribution is 2.22. The molecule has 0 atom stereocenters. The van der Waals surface area contributed by atoms with Gasteiger partial charge in [0.2, 0.25) is 0 Å². The summed E-state index contributed by atoms with van der Waals surface area (Å²) in [7, 11) is 0. The lowest BCUT2D eigenvalue weighted by atomic mass is 10.1. The molecule has 0 radical (unpaired) electrons. The SMILES string of the molecule is CC(C)(C)OC(=O)Cn1cc(-c2ccsc2)cc(C(=O)O)c1=O. The lowest BCUT2D eigenvalue weighted by Gasteiger charge is -2.20. The van der Waals surface area contributed by atoms with Crippen molar-refractivity contribution in [3.05, 3.63) is 45.0 Å². The molecule has 0 spiro atoms. The molecule has 0 aliphatic heterocycles. The first-order valence-electron chi connectivity index (χ1n) is 6.89. The van der Waals surface area contributed by atoms with Crippen LogP contribution in [-0.4, -0.2) is 27.2 Å². The van der Waals surface area contributed by atoms with E-state index in [9.17, 15) is 19.5 Å². The van der Waals surface area contributed by atoms with Crippen LogP contribution in [0.25, 0.3) is 11.1 Å². The van der Waals surface area contributed by atoms with Crippen molar-refractivity contribution in [3.63, 3.8) is 0 Å². The third kappa shape index (κ3) is 4.29.